The molecule has 1 aromatic carbocycles. The molecule has 20 heavy (non-hydrogen) atoms. The van der Waals surface area contributed by atoms with Crippen LogP contribution in [0.5, 0.6) is 11.6 Å². The number of para-hydroxylation sites is 1. The van der Waals surface area contributed by atoms with Crippen molar-refractivity contribution < 1.29 is 9.53 Å². The van der Waals surface area contributed by atoms with E-state index in [4.69, 9.17) is 16.2 Å². The lowest BCUT2D eigenvalue weighted by molar-refractivity contribution is 0.0995. The Morgan fingerprint density at radius 1 is 1.20 bits per heavy atom. The molecule has 0 radical (unpaired) electrons. The number of aromatic nitrogens is 1. The number of ether oxygens (including phenoxy) is 1. The second kappa shape index (κ2) is 5.61. The average Bonchev–Trinajstić information content (AvgIpc) is 2.41. The molecule has 5 nitrogen and oxygen atoms in total. The Morgan fingerprint density at radius 3 is 2.55 bits per heavy atom. The van der Waals surface area contributed by atoms with Crippen molar-refractivity contribution in [2.45, 2.75) is 19.8 Å². The highest BCUT2D eigenvalue weighted by molar-refractivity contribution is 5.91. The van der Waals surface area contributed by atoms with Gasteiger partial charge in [-0.2, -0.15) is 0 Å². The van der Waals surface area contributed by atoms with Crippen molar-refractivity contribution in [2.24, 2.45) is 5.73 Å². The summed E-state index contributed by atoms with van der Waals surface area (Å²) in [6, 6.07) is 10.7. The number of carbonyl (C=O) groups excluding carboxylic acids is 1. The number of carbonyl (C=O) groups is 1. The van der Waals surface area contributed by atoms with E-state index in [9.17, 15) is 4.79 Å². The Kier molecular flexibility index (Phi) is 3.89. The zero-order valence-electron chi connectivity index (χ0n) is 11.5. The fraction of sp³-hybridized carbons (Fsp3) is 0.200. The molecule has 0 atom stereocenters. The third-order valence-electron chi connectivity index (χ3n) is 2.89. The Morgan fingerprint density at radius 2 is 1.90 bits per heavy atom. The van der Waals surface area contributed by atoms with Crippen LogP contribution in [0.1, 0.15) is 35.8 Å². The second-order valence-corrected chi connectivity index (χ2v) is 4.75. The van der Waals surface area contributed by atoms with Gasteiger partial charge in [-0.1, -0.05) is 32.0 Å². The molecule has 0 unspecified atom stereocenters. The van der Waals surface area contributed by atoms with Crippen molar-refractivity contribution in [2.75, 3.05) is 5.73 Å². The highest BCUT2D eigenvalue weighted by atomic mass is 16.5. The first-order chi connectivity index (χ1) is 9.49. The van der Waals surface area contributed by atoms with Crippen LogP contribution in [0.25, 0.3) is 0 Å². The number of nitrogens with zero attached hydrogens (tertiary/aromatic N) is 1. The molecule has 0 aliphatic carbocycles. The quantitative estimate of drug-likeness (QED) is 0.894. The number of pyridine rings is 1. The lowest BCUT2D eigenvalue weighted by atomic mass is 10.0. The Labute approximate surface area is 117 Å². The molecule has 1 aromatic heterocycles. The van der Waals surface area contributed by atoms with Crippen molar-refractivity contribution in [1.29, 1.82) is 0 Å². The molecule has 0 saturated heterocycles. The maximum absolute atomic E-state index is 11.2. The van der Waals surface area contributed by atoms with Crippen LogP contribution < -0.4 is 16.2 Å². The number of nitrogens with two attached hydrogens (primary N) is 2. The number of hydrogen-bond acceptors (Lipinski definition) is 4. The first-order valence-corrected chi connectivity index (χ1v) is 6.32. The molecule has 1 amide bonds. The van der Waals surface area contributed by atoms with E-state index in [1.165, 1.54) is 6.07 Å². The summed E-state index contributed by atoms with van der Waals surface area (Å²) in [7, 11) is 0. The molecule has 4 N–H and O–H groups in total. The van der Waals surface area contributed by atoms with Gasteiger partial charge in [0.15, 0.2) is 0 Å². The molecule has 0 bridgehead atoms. The van der Waals surface area contributed by atoms with Gasteiger partial charge in [-0.3, -0.25) is 4.79 Å². The van der Waals surface area contributed by atoms with Crippen LogP contribution in [-0.2, 0) is 0 Å². The zero-order chi connectivity index (χ0) is 14.7. The SMILES string of the molecule is CC(C)c1ccccc1Oc1nc(C(N)=O)ccc1N. The van der Waals surface area contributed by atoms with E-state index in [0.29, 0.717) is 17.4 Å². The normalized spacial score (nSPS) is 10.6. The molecule has 0 aliphatic rings. The number of rotatable bonds is 4. The van der Waals surface area contributed by atoms with Gasteiger partial charge in [-0.15, -0.1) is 0 Å². The summed E-state index contributed by atoms with van der Waals surface area (Å²) in [5.74, 6) is 0.538. The topological polar surface area (TPSA) is 91.2 Å². The van der Waals surface area contributed by atoms with Gasteiger partial charge in [-0.05, 0) is 29.7 Å². The molecule has 0 aliphatic heterocycles. The summed E-state index contributed by atoms with van der Waals surface area (Å²) in [5.41, 5.74) is 12.5. The molecule has 0 fully saturated rings. The number of benzene rings is 1. The minimum atomic E-state index is -0.619. The molecular formula is C15H17N3O2. The lowest BCUT2D eigenvalue weighted by Gasteiger charge is -2.14. The van der Waals surface area contributed by atoms with Crippen LogP contribution in [-0.4, -0.2) is 10.9 Å². The third-order valence-corrected chi connectivity index (χ3v) is 2.89. The molecule has 1 heterocycles. The van der Waals surface area contributed by atoms with Crippen molar-refractivity contribution in [3.63, 3.8) is 0 Å². The molecular weight excluding hydrogens is 254 g/mol. The van der Waals surface area contributed by atoms with Crippen molar-refractivity contribution in [3.8, 4) is 11.6 Å². The van der Waals surface area contributed by atoms with E-state index in [1.54, 1.807) is 6.07 Å². The number of amides is 1. The van der Waals surface area contributed by atoms with E-state index in [-0.39, 0.29) is 11.6 Å². The average molecular weight is 271 g/mol. The third kappa shape index (κ3) is 2.88. The predicted molar refractivity (Wildman–Crippen MR) is 77.8 cm³/mol. The maximum Gasteiger partial charge on any atom is 0.267 e. The van der Waals surface area contributed by atoms with Gasteiger partial charge < -0.3 is 16.2 Å². The van der Waals surface area contributed by atoms with Gasteiger partial charge in [0.1, 0.15) is 11.4 Å². The summed E-state index contributed by atoms with van der Waals surface area (Å²) in [6.07, 6.45) is 0. The molecule has 104 valence electrons. The summed E-state index contributed by atoms with van der Waals surface area (Å²) < 4.78 is 5.75. The molecule has 0 saturated carbocycles. The summed E-state index contributed by atoms with van der Waals surface area (Å²) in [5, 5.41) is 0. The van der Waals surface area contributed by atoms with E-state index in [2.05, 4.69) is 18.8 Å². The molecule has 2 rings (SSSR count). The first kappa shape index (κ1) is 13.9. The minimum absolute atomic E-state index is 0.122. The largest absolute Gasteiger partial charge is 0.437 e. The van der Waals surface area contributed by atoms with Crippen LogP contribution in [0.2, 0.25) is 0 Å². The van der Waals surface area contributed by atoms with Crippen molar-refractivity contribution in [1.82, 2.24) is 4.98 Å². The Bertz CT molecular complexity index is 639. The second-order valence-electron chi connectivity index (χ2n) is 4.75. The van der Waals surface area contributed by atoms with E-state index < -0.39 is 5.91 Å². The smallest absolute Gasteiger partial charge is 0.267 e. The highest BCUT2D eigenvalue weighted by Gasteiger charge is 2.12. The standard InChI is InChI=1S/C15H17N3O2/c1-9(2)10-5-3-4-6-13(10)20-15-11(16)7-8-12(18-15)14(17)19/h3-9H,16H2,1-2H3,(H2,17,19). The van der Waals surface area contributed by atoms with Gasteiger partial charge in [0, 0.05) is 0 Å². The minimum Gasteiger partial charge on any atom is -0.437 e. The lowest BCUT2D eigenvalue weighted by Crippen LogP contribution is -2.13. The van der Waals surface area contributed by atoms with Gasteiger partial charge in [-0.25, -0.2) is 4.98 Å². The molecule has 5 heteroatoms. The fourth-order valence-electron chi connectivity index (χ4n) is 1.82. The first-order valence-electron chi connectivity index (χ1n) is 6.32. The van der Waals surface area contributed by atoms with Gasteiger partial charge in [0.05, 0.1) is 5.69 Å². The Balaban J connectivity index is 2.40. The van der Waals surface area contributed by atoms with Crippen LogP contribution >= 0.6 is 0 Å². The van der Waals surface area contributed by atoms with E-state index in [0.717, 1.165) is 5.56 Å². The highest BCUT2D eigenvalue weighted by Crippen LogP contribution is 2.31. The van der Waals surface area contributed by atoms with E-state index in [1.807, 2.05) is 24.3 Å². The van der Waals surface area contributed by atoms with Crippen molar-refractivity contribution in [3.05, 3.63) is 47.7 Å². The van der Waals surface area contributed by atoms with Gasteiger partial charge in [0.25, 0.3) is 5.91 Å². The predicted octanol–water partition coefficient (Wildman–Crippen LogP) is 2.68. The van der Waals surface area contributed by atoms with Crippen LogP contribution in [0, 0.1) is 0 Å². The monoisotopic (exact) mass is 271 g/mol. The number of nitrogen functional groups attached to an aromatic ring is 1. The maximum atomic E-state index is 11.2. The zero-order valence-corrected chi connectivity index (χ0v) is 11.5. The van der Waals surface area contributed by atoms with E-state index >= 15 is 0 Å². The number of primary amides is 1. The number of anilines is 1. The van der Waals surface area contributed by atoms with Gasteiger partial charge >= 0.3 is 0 Å². The van der Waals surface area contributed by atoms with Gasteiger partial charge in [0.2, 0.25) is 5.88 Å². The molecule has 0 spiro atoms. The summed E-state index contributed by atoms with van der Waals surface area (Å²) >= 11 is 0. The molecule has 2 aromatic rings. The van der Waals surface area contributed by atoms with Crippen LogP contribution in [0.15, 0.2) is 36.4 Å². The van der Waals surface area contributed by atoms with Crippen LogP contribution in [0.3, 0.4) is 0 Å². The fourth-order valence-corrected chi connectivity index (χ4v) is 1.82. The Hall–Kier alpha value is -2.56. The summed E-state index contributed by atoms with van der Waals surface area (Å²) in [4.78, 5) is 15.2. The summed E-state index contributed by atoms with van der Waals surface area (Å²) in [6.45, 7) is 4.14. The van der Waals surface area contributed by atoms with Crippen LogP contribution in [0.4, 0.5) is 5.69 Å². The number of hydrogen-bond donors (Lipinski definition) is 2. The van der Waals surface area contributed by atoms with Crippen molar-refractivity contribution >= 4 is 11.6 Å².